The molecule has 0 amide bonds. The largest absolute Gasteiger partial charge is 0.516 e. The van der Waals surface area contributed by atoms with E-state index in [1.807, 2.05) is 6.07 Å². The molecule has 5 heteroatoms. The highest BCUT2D eigenvalue weighted by molar-refractivity contribution is 14.1. The Kier molecular flexibility index (Phi) is 4.55. The van der Waals surface area contributed by atoms with Gasteiger partial charge in [0.1, 0.15) is 28.8 Å². The fraction of sp³-hybridized carbons (Fsp3) is 0.125. The van der Waals surface area contributed by atoms with Gasteiger partial charge >= 0.3 is 6.16 Å². The Morgan fingerprint density at radius 1 is 1.31 bits per heavy atom. The normalized spacial score (nSPS) is 9.31. The summed E-state index contributed by atoms with van der Waals surface area (Å²) in [5.74, 6) is 0.445. The SMILES string of the molecule is O=C(OCOI)Oc1ccccc1. The molecule has 1 aromatic rings. The Labute approximate surface area is 89.5 Å². The van der Waals surface area contributed by atoms with Crippen molar-refractivity contribution >= 4 is 29.2 Å². The highest BCUT2D eigenvalue weighted by Crippen LogP contribution is 2.08. The first kappa shape index (κ1) is 10.3. The minimum Gasteiger partial charge on any atom is -0.406 e. The first-order valence-electron chi connectivity index (χ1n) is 3.46. The van der Waals surface area contributed by atoms with Gasteiger partial charge in [0, 0.05) is 0 Å². The van der Waals surface area contributed by atoms with Gasteiger partial charge in [-0.25, -0.2) is 4.79 Å². The van der Waals surface area contributed by atoms with Gasteiger partial charge in [-0.2, -0.15) is 0 Å². The van der Waals surface area contributed by atoms with Crippen LogP contribution in [-0.2, 0) is 7.80 Å². The Balaban J connectivity index is 2.37. The van der Waals surface area contributed by atoms with E-state index in [1.165, 1.54) is 0 Å². The van der Waals surface area contributed by atoms with Gasteiger partial charge in [0.15, 0.2) is 0 Å². The molecule has 0 heterocycles. The molecule has 0 aromatic heterocycles. The standard InChI is InChI=1S/C8H7IO4/c9-12-6-11-8(10)13-7-4-2-1-3-5-7/h1-5H,6H2. The summed E-state index contributed by atoms with van der Waals surface area (Å²) >= 11 is 1.62. The molecule has 13 heavy (non-hydrogen) atoms. The molecule has 0 aliphatic heterocycles. The van der Waals surface area contributed by atoms with Crippen LogP contribution in [-0.4, -0.2) is 12.9 Å². The number of para-hydroxylation sites is 1. The van der Waals surface area contributed by atoms with Gasteiger partial charge in [-0.3, -0.25) is 3.07 Å². The molecule has 0 spiro atoms. The summed E-state index contributed by atoms with van der Waals surface area (Å²) in [6.45, 7) is -0.119. The summed E-state index contributed by atoms with van der Waals surface area (Å²) in [7, 11) is 0. The molecule has 0 aliphatic rings. The summed E-state index contributed by atoms with van der Waals surface area (Å²) in [5.41, 5.74) is 0. The fourth-order valence-electron chi connectivity index (χ4n) is 0.685. The lowest BCUT2D eigenvalue weighted by molar-refractivity contribution is 0.0505. The summed E-state index contributed by atoms with van der Waals surface area (Å²) in [4.78, 5) is 10.8. The van der Waals surface area contributed by atoms with Gasteiger partial charge < -0.3 is 9.47 Å². The van der Waals surface area contributed by atoms with E-state index in [4.69, 9.17) is 4.74 Å². The maximum atomic E-state index is 10.8. The van der Waals surface area contributed by atoms with Crippen molar-refractivity contribution in [2.24, 2.45) is 0 Å². The van der Waals surface area contributed by atoms with Gasteiger partial charge in [-0.1, -0.05) is 18.2 Å². The molecule has 0 N–H and O–H groups in total. The Hall–Kier alpha value is -0.820. The van der Waals surface area contributed by atoms with E-state index < -0.39 is 6.16 Å². The van der Waals surface area contributed by atoms with Crippen molar-refractivity contribution in [2.75, 3.05) is 6.79 Å². The maximum Gasteiger partial charge on any atom is 0.516 e. The van der Waals surface area contributed by atoms with Crippen molar-refractivity contribution in [3.63, 3.8) is 0 Å². The van der Waals surface area contributed by atoms with Crippen LogP contribution in [0.2, 0.25) is 0 Å². The van der Waals surface area contributed by atoms with Crippen LogP contribution in [0.15, 0.2) is 30.3 Å². The molecule has 1 aromatic carbocycles. The fourth-order valence-corrected chi connectivity index (χ4v) is 0.812. The molecule has 0 fully saturated rings. The molecule has 4 nitrogen and oxygen atoms in total. The lowest BCUT2D eigenvalue weighted by atomic mass is 10.3. The van der Waals surface area contributed by atoms with Gasteiger partial charge in [0.2, 0.25) is 6.79 Å². The Morgan fingerprint density at radius 3 is 2.62 bits per heavy atom. The first-order valence-corrected chi connectivity index (χ1v) is 4.34. The number of hydrogen-bond acceptors (Lipinski definition) is 4. The third kappa shape index (κ3) is 4.09. The van der Waals surface area contributed by atoms with Crippen LogP contribution in [0.4, 0.5) is 4.79 Å². The van der Waals surface area contributed by atoms with Crippen molar-refractivity contribution in [2.45, 2.75) is 0 Å². The highest BCUT2D eigenvalue weighted by atomic mass is 127. The van der Waals surface area contributed by atoms with Crippen LogP contribution in [0.3, 0.4) is 0 Å². The molecule has 0 saturated heterocycles. The quantitative estimate of drug-likeness (QED) is 0.372. The van der Waals surface area contributed by atoms with Crippen molar-refractivity contribution in [1.82, 2.24) is 0 Å². The zero-order chi connectivity index (χ0) is 9.52. The average molecular weight is 294 g/mol. The molecular weight excluding hydrogens is 287 g/mol. The Bertz CT molecular complexity index is 262. The molecular formula is C8H7IO4. The van der Waals surface area contributed by atoms with E-state index in [2.05, 4.69) is 7.80 Å². The van der Waals surface area contributed by atoms with Crippen LogP contribution >= 0.6 is 23.0 Å². The molecule has 1 rings (SSSR count). The third-order valence-corrected chi connectivity index (χ3v) is 1.42. The number of carbonyl (C=O) groups is 1. The Morgan fingerprint density at radius 2 is 2.00 bits per heavy atom. The van der Waals surface area contributed by atoms with E-state index in [-0.39, 0.29) is 6.79 Å². The predicted octanol–water partition coefficient (Wildman–Crippen LogP) is 2.53. The van der Waals surface area contributed by atoms with E-state index in [0.717, 1.165) is 0 Å². The topological polar surface area (TPSA) is 44.8 Å². The zero-order valence-electron chi connectivity index (χ0n) is 6.60. The second-order valence-electron chi connectivity index (χ2n) is 2.04. The van der Waals surface area contributed by atoms with Gasteiger partial charge in [0.05, 0.1) is 0 Å². The number of hydrogen-bond donors (Lipinski definition) is 0. The van der Waals surface area contributed by atoms with Crippen molar-refractivity contribution < 1.29 is 17.3 Å². The summed E-state index contributed by atoms with van der Waals surface area (Å²) < 4.78 is 13.8. The monoisotopic (exact) mass is 294 g/mol. The molecule has 0 unspecified atom stereocenters. The summed E-state index contributed by atoms with van der Waals surface area (Å²) in [5, 5.41) is 0. The number of ether oxygens (including phenoxy) is 2. The van der Waals surface area contributed by atoms with Gasteiger partial charge in [0.25, 0.3) is 0 Å². The van der Waals surface area contributed by atoms with Crippen LogP contribution in [0, 0.1) is 0 Å². The van der Waals surface area contributed by atoms with Gasteiger partial charge in [-0.15, -0.1) is 0 Å². The molecule has 70 valence electrons. The number of benzene rings is 1. The lowest BCUT2D eigenvalue weighted by Gasteiger charge is -2.02. The molecule has 0 saturated carbocycles. The summed E-state index contributed by atoms with van der Waals surface area (Å²) in [6.07, 6.45) is -0.775. The van der Waals surface area contributed by atoms with E-state index in [9.17, 15) is 4.79 Å². The minimum absolute atomic E-state index is 0.119. The van der Waals surface area contributed by atoms with Crippen molar-refractivity contribution in [3.8, 4) is 5.75 Å². The number of carbonyl (C=O) groups excluding carboxylic acids is 1. The van der Waals surface area contributed by atoms with Crippen LogP contribution < -0.4 is 4.74 Å². The maximum absolute atomic E-state index is 10.8. The van der Waals surface area contributed by atoms with E-state index in [1.54, 1.807) is 47.3 Å². The van der Waals surface area contributed by atoms with Crippen LogP contribution in [0.25, 0.3) is 0 Å². The zero-order valence-corrected chi connectivity index (χ0v) is 8.76. The molecule has 0 bridgehead atoms. The van der Waals surface area contributed by atoms with E-state index in [0.29, 0.717) is 5.75 Å². The highest BCUT2D eigenvalue weighted by Gasteiger charge is 2.03. The third-order valence-electron chi connectivity index (χ3n) is 1.17. The summed E-state index contributed by atoms with van der Waals surface area (Å²) in [6, 6.07) is 8.67. The van der Waals surface area contributed by atoms with Gasteiger partial charge in [-0.05, 0) is 12.1 Å². The first-order chi connectivity index (χ1) is 6.33. The smallest absolute Gasteiger partial charge is 0.406 e. The van der Waals surface area contributed by atoms with Crippen molar-refractivity contribution in [1.29, 1.82) is 0 Å². The van der Waals surface area contributed by atoms with Crippen LogP contribution in [0.5, 0.6) is 5.75 Å². The molecule has 0 radical (unpaired) electrons. The number of halogens is 1. The second-order valence-corrected chi connectivity index (χ2v) is 2.66. The average Bonchev–Trinajstić information content (AvgIpc) is 2.16. The predicted molar refractivity (Wildman–Crippen MR) is 53.5 cm³/mol. The van der Waals surface area contributed by atoms with Crippen LogP contribution in [0.1, 0.15) is 0 Å². The lowest BCUT2D eigenvalue weighted by Crippen LogP contribution is -2.11. The van der Waals surface area contributed by atoms with E-state index >= 15 is 0 Å². The molecule has 0 atom stereocenters. The second kappa shape index (κ2) is 5.76. The molecule has 0 aliphatic carbocycles. The number of rotatable bonds is 3. The minimum atomic E-state index is -0.775. The van der Waals surface area contributed by atoms with Crippen molar-refractivity contribution in [3.05, 3.63) is 30.3 Å².